The Hall–Kier alpha value is -2.10. The number of aromatic nitrogens is 2. The highest BCUT2D eigenvalue weighted by Crippen LogP contribution is 2.21. The van der Waals surface area contributed by atoms with E-state index in [0.717, 1.165) is 17.7 Å². The molecule has 1 aromatic heterocycles. The topological polar surface area (TPSA) is 44.1 Å². The average molecular weight is 258 g/mol. The number of benzene rings is 1. The Morgan fingerprint density at radius 1 is 1.42 bits per heavy atom. The van der Waals surface area contributed by atoms with Crippen LogP contribution in [0.4, 0.5) is 0 Å². The normalized spacial score (nSPS) is 10.5. The van der Waals surface area contributed by atoms with Crippen LogP contribution in [0.3, 0.4) is 0 Å². The summed E-state index contributed by atoms with van der Waals surface area (Å²) in [5.41, 5.74) is 2.62. The molecule has 0 aliphatic rings. The second kappa shape index (κ2) is 5.69. The van der Waals surface area contributed by atoms with Gasteiger partial charge in [-0.2, -0.15) is 5.10 Å². The van der Waals surface area contributed by atoms with Crippen LogP contribution < -0.4 is 4.74 Å². The molecule has 0 bridgehead atoms. The van der Waals surface area contributed by atoms with Crippen molar-refractivity contribution in [1.82, 2.24) is 9.78 Å². The fourth-order valence-electron chi connectivity index (χ4n) is 1.98. The van der Waals surface area contributed by atoms with E-state index in [1.807, 2.05) is 42.9 Å². The number of hydrogen-bond acceptors (Lipinski definition) is 3. The van der Waals surface area contributed by atoms with E-state index in [0.29, 0.717) is 17.7 Å². The Morgan fingerprint density at radius 3 is 2.84 bits per heavy atom. The first-order chi connectivity index (χ1) is 9.13. The molecule has 2 aromatic rings. The van der Waals surface area contributed by atoms with Crippen molar-refractivity contribution >= 4 is 5.78 Å². The van der Waals surface area contributed by atoms with Crippen LogP contribution in [0.2, 0.25) is 0 Å². The second-order valence-electron chi connectivity index (χ2n) is 4.51. The summed E-state index contributed by atoms with van der Waals surface area (Å²) >= 11 is 0. The van der Waals surface area contributed by atoms with Crippen LogP contribution in [0.25, 0.3) is 0 Å². The Balaban J connectivity index is 2.20. The van der Waals surface area contributed by atoms with Gasteiger partial charge in [-0.1, -0.05) is 6.07 Å². The third-order valence-electron chi connectivity index (χ3n) is 3.03. The summed E-state index contributed by atoms with van der Waals surface area (Å²) in [5, 5.41) is 4.17. The number of rotatable bonds is 5. The van der Waals surface area contributed by atoms with E-state index in [1.165, 1.54) is 0 Å². The van der Waals surface area contributed by atoms with Gasteiger partial charge in [-0.15, -0.1) is 0 Å². The second-order valence-corrected chi connectivity index (χ2v) is 4.51. The molecular weight excluding hydrogens is 240 g/mol. The molecule has 2 rings (SSSR count). The molecule has 1 heterocycles. The lowest BCUT2D eigenvalue weighted by Crippen LogP contribution is -2.05. The van der Waals surface area contributed by atoms with Gasteiger partial charge in [-0.25, -0.2) is 0 Å². The molecule has 0 aliphatic heterocycles. The van der Waals surface area contributed by atoms with Gasteiger partial charge >= 0.3 is 0 Å². The van der Waals surface area contributed by atoms with E-state index in [-0.39, 0.29) is 5.78 Å². The number of nitrogens with zero attached hydrogens (tertiary/aromatic N) is 2. The quantitative estimate of drug-likeness (QED) is 0.774. The zero-order valence-corrected chi connectivity index (χ0v) is 11.5. The molecule has 19 heavy (non-hydrogen) atoms. The summed E-state index contributed by atoms with van der Waals surface area (Å²) in [6, 6.07) is 5.62. The van der Waals surface area contributed by atoms with Crippen LogP contribution in [-0.4, -0.2) is 22.7 Å². The number of methoxy groups -OCH3 is 1. The smallest absolute Gasteiger partial charge is 0.171 e. The fraction of sp³-hybridized carbons (Fsp3) is 0.333. The lowest BCUT2D eigenvalue weighted by Gasteiger charge is -2.07. The number of ketones is 1. The molecule has 0 fully saturated rings. The molecule has 100 valence electrons. The SMILES string of the molecule is CCn1cc(CC(=O)c2ccc(C)cc2OC)cn1. The maximum absolute atomic E-state index is 12.3. The van der Waals surface area contributed by atoms with Crippen molar-refractivity contribution in [3.05, 3.63) is 47.3 Å². The maximum atomic E-state index is 12.3. The Kier molecular flexibility index (Phi) is 4.00. The molecule has 1 aromatic carbocycles. The lowest BCUT2D eigenvalue weighted by atomic mass is 10.0. The molecule has 4 nitrogen and oxygen atoms in total. The van der Waals surface area contributed by atoms with Crippen LogP contribution in [0.15, 0.2) is 30.6 Å². The summed E-state index contributed by atoms with van der Waals surface area (Å²) < 4.78 is 7.08. The summed E-state index contributed by atoms with van der Waals surface area (Å²) in [6.07, 6.45) is 3.99. The summed E-state index contributed by atoms with van der Waals surface area (Å²) in [5.74, 6) is 0.681. The van der Waals surface area contributed by atoms with Gasteiger partial charge in [0, 0.05) is 19.2 Å². The first-order valence-electron chi connectivity index (χ1n) is 6.33. The molecule has 0 aliphatic carbocycles. The molecule has 0 atom stereocenters. The van der Waals surface area contributed by atoms with Gasteiger partial charge in [0.05, 0.1) is 18.9 Å². The minimum atomic E-state index is 0.0486. The van der Waals surface area contributed by atoms with Crippen LogP contribution in [0.5, 0.6) is 5.75 Å². The van der Waals surface area contributed by atoms with Crippen LogP contribution in [0, 0.1) is 6.92 Å². The molecule has 0 radical (unpaired) electrons. The van der Waals surface area contributed by atoms with Gasteiger partial charge in [0.15, 0.2) is 5.78 Å². The Bertz CT molecular complexity index is 588. The van der Waals surface area contributed by atoms with Gasteiger partial charge in [-0.3, -0.25) is 9.48 Å². The molecule has 0 unspecified atom stereocenters. The van der Waals surface area contributed by atoms with E-state index in [4.69, 9.17) is 4.74 Å². The van der Waals surface area contributed by atoms with Gasteiger partial charge in [-0.05, 0) is 37.1 Å². The number of hydrogen-bond donors (Lipinski definition) is 0. The number of aryl methyl sites for hydroxylation is 2. The van der Waals surface area contributed by atoms with E-state index >= 15 is 0 Å². The minimum Gasteiger partial charge on any atom is -0.496 e. The molecule has 0 amide bonds. The van der Waals surface area contributed by atoms with Crippen molar-refractivity contribution in [2.24, 2.45) is 0 Å². The third-order valence-corrected chi connectivity index (χ3v) is 3.03. The molecule has 0 N–H and O–H groups in total. The zero-order valence-electron chi connectivity index (χ0n) is 11.5. The monoisotopic (exact) mass is 258 g/mol. The van der Waals surface area contributed by atoms with Gasteiger partial charge < -0.3 is 4.74 Å². The van der Waals surface area contributed by atoms with Crippen molar-refractivity contribution in [3.8, 4) is 5.75 Å². The van der Waals surface area contributed by atoms with Gasteiger partial charge in [0.2, 0.25) is 0 Å². The predicted molar refractivity (Wildman–Crippen MR) is 73.7 cm³/mol. The number of carbonyl (C=O) groups is 1. The first-order valence-corrected chi connectivity index (χ1v) is 6.33. The Labute approximate surface area is 113 Å². The van der Waals surface area contributed by atoms with Crippen molar-refractivity contribution in [2.75, 3.05) is 7.11 Å². The van der Waals surface area contributed by atoms with Crippen molar-refractivity contribution in [3.63, 3.8) is 0 Å². The minimum absolute atomic E-state index is 0.0486. The zero-order chi connectivity index (χ0) is 13.8. The van der Waals surface area contributed by atoms with E-state index in [1.54, 1.807) is 13.3 Å². The van der Waals surface area contributed by atoms with Gasteiger partial charge in [0.25, 0.3) is 0 Å². The summed E-state index contributed by atoms with van der Waals surface area (Å²) in [4.78, 5) is 12.3. The number of Topliss-reactive ketones (excluding diaryl/α,β-unsaturated/α-hetero) is 1. The number of carbonyl (C=O) groups excluding carboxylic acids is 1. The van der Waals surface area contributed by atoms with E-state index in [2.05, 4.69) is 5.10 Å². The van der Waals surface area contributed by atoms with Crippen LogP contribution in [-0.2, 0) is 13.0 Å². The fourth-order valence-corrected chi connectivity index (χ4v) is 1.98. The first kappa shape index (κ1) is 13.3. The molecule has 4 heteroatoms. The van der Waals surface area contributed by atoms with Crippen molar-refractivity contribution in [2.45, 2.75) is 26.8 Å². The van der Waals surface area contributed by atoms with Crippen LogP contribution >= 0.6 is 0 Å². The molecule has 0 saturated heterocycles. The van der Waals surface area contributed by atoms with E-state index in [9.17, 15) is 4.79 Å². The highest BCUT2D eigenvalue weighted by atomic mass is 16.5. The third kappa shape index (κ3) is 3.02. The highest BCUT2D eigenvalue weighted by Gasteiger charge is 2.13. The van der Waals surface area contributed by atoms with Crippen molar-refractivity contribution in [1.29, 1.82) is 0 Å². The van der Waals surface area contributed by atoms with Crippen LogP contribution in [0.1, 0.15) is 28.4 Å². The van der Waals surface area contributed by atoms with Gasteiger partial charge in [0.1, 0.15) is 5.75 Å². The maximum Gasteiger partial charge on any atom is 0.171 e. The van der Waals surface area contributed by atoms with Crippen molar-refractivity contribution < 1.29 is 9.53 Å². The number of ether oxygens (including phenoxy) is 1. The largest absolute Gasteiger partial charge is 0.496 e. The predicted octanol–water partition coefficient (Wildman–Crippen LogP) is 2.65. The standard InChI is InChI=1S/C15H18N2O2/c1-4-17-10-12(9-16-17)8-14(18)13-6-5-11(2)7-15(13)19-3/h5-7,9-10H,4,8H2,1-3H3. The molecular formula is C15H18N2O2. The summed E-state index contributed by atoms with van der Waals surface area (Å²) in [7, 11) is 1.58. The summed E-state index contributed by atoms with van der Waals surface area (Å²) in [6.45, 7) is 4.80. The van der Waals surface area contributed by atoms with E-state index < -0.39 is 0 Å². The average Bonchev–Trinajstić information content (AvgIpc) is 2.86. The molecule has 0 saturated carbocycles. The highest BCUT2D eigenvalue weighted by molar-refractivity contribution is 6.00. The molecule has 0 spiro atoms. The Morgan fingerprint density at radius 2 is 2.21 bits per heavy atom. The lowest BCUT2D eigenvalue weighted by molar-refractivity contribution is 0.0990.